The van der Waals surface area contributed by atoms with Crippen molar-refractivity contribution in [3.63, 3.8) is 0 Å². The van der Waals surface area contributed by atoms with Crippen LogP contribution < -0.4 is 18.9 Å². The van der Waals surface area contributed by atoms with Gasteiger partial charge in [-0.25, -0.2) is 4.79 Å². The van der Waals surface area contributed by atoms with Crippen LogP contribution in [0.5, 0.6) is 23.0 Å². The molecule has 0 amide bonds. The largest absolute Gasteiger partial charge is 0.497 e. The van der Waals surface area contributed by atoms with Gasteiger partial charge in [0.25, 0.3) is 0 Å². The van der Waals surface area contributed by atoms with Crippen LogP contribution in [0.1, 0.15) is 40.5 Å². The number of hydrogen-bond donors (Lipinski definition) is 1. The van der Waals surface area contributed by atoms with Gasteiger partial charge in [-0.3, -0.25) is 9.69 Å². The van der Waals surface area contributed by atoms with E-state index >= 15 is 0 Å². The predicted molar refractivity (Wildman–Crippen MR) is 161 cm³/mol. The molecule has 1 aromatic heterocycles. The number of fused-ring (bicyclic) bond motifs is 6. The summed E-state index contributed by atoms with van der Waals surface area (Å²) in [7, 11) is 9.10. The van der Waals surface area contributed by atoms with E-state index in [1.165, 1.54) is 45.1 Å². The molecule has 0 radical (unpaired) electrons. The molecule has 0 spiro atoms. The molecule has 6 rings (SSSR count). The van der Waals surface area contributed by atoms with Gasteiger partial charge in [0, 0.05) is 42.9 Å². The van der Waals surface area contributed by atoms with Crippen molar-refractivity contribution >= 4 is 22.8 Å². The molecule has 4 unspecified atom stereocenters. The smallest absolute Gasteiger partial charge is 0.338 e. The van der Waals surface area contributed by atoms with Gasteiger partial charge in [-0.15, -0.1) is 0 Å². The number of aromatic nitrogens is 1. The summed E-state index contributed by atoms with van der Waals surface area (Å²) >= 11 is 0. The number of H-pyrrole nitrogens is 1. The first-order valence-corrected chi connectivity index (χ1v) is 14.9. The highest BCUT2D eigenvalue weighted by molar-refractivity contribution is 5.91. The molecule has 1 N–H and O–H groups in total. The van der Waals surface area contributed by atoms with Crippen molar-refractivity contribution in [1.29, 1.82) is 0 Å². The van der Waals surface area contributed by atoms with Crippen LogP contribution in [0, 0.1) is 17.8 Å². The van der Waals surface area contributed by atoms with E-state index in [-0.39, 0.29) is 29.4 Å². The number of carbonyl (C=O) groups excluding carboxylic acids is 2. The lowest BCUT2D eigenvalue weighted by atomic mass is 9.63. The van der Waals surface area contributed by atoms with E-state index in [2.05, 4.69) is 16.0 Å². The van der Waals surface area contributed by atoms with Crippen molar-refractivity contribution in [3.05, 3.63) is 47.2 Å². The first kappa shape index (κ1) is 30.1. The number of esters is 2. The third kappa shape index (κ3) is 5.01. The Kier molecular flexibility index (Phi) is 8.34. The van der Waals surface area contributed by atoms with Gasteiger partial charge >= 0.3 is 11.9 Å². The molecule has 236 valence electrons. The SMILES string of the molecule is COC(=O)[C@@H]1C2CC3c4[nH]c5cc(OC)ccc5c4CCN3CC2C[C@H](OC(=O)c2cc(OC)c(OC)c(OC)c2)C1OC. The minimum Gasteiger partial charge on any atom is -0.497 e. The fraction of sp³-hybridized carbons (Fsp3) is 0.515. The Bertz CT molecular complexity index is 1530. The lowest BCUT2D eigenvalue weighted by molar-refractivity contribution is -0.176. The van der Waals surface area contributed by atoms with Crippen LogP contribution >= 0.6 is 0 Å². The van der Waals surface area contributed by atoms with Crippen molar-refractivity contribution in [2.75, 3.05) is 55.7 Å². The maximum Gasteiger partial charge on any atom is 0.338 e. The molecule has 1 saturated heterocycles. The van der Waals surface area contributed by atoms with Crippen LogP contribution in [-0.4, -0.2) is 89.8 Å². The van der Waals surface area contributed by atoms with Gasteiger partial charge in [-0.05, 0) is 60.9 Å². The number of ether oxygens (including phenoxy) is 7. The monoisotopic (exact) mass is 608 g/mol. The molecule has 3 aromatic rings. The van der Waals surface area contributed by atoms with Crippen molar-refractivity contribution < 1.29 is 42.7 Å². The molecule has 11 heteroatoms. The van der Waals surface area contributed by atoms with Crippen molar-refractivity contribution in [1.82, 2.24) is 9.88 Å². The molecule has 3 aliphatic rings. The molecule has 6 atom stereocenters. The number of nitrogens with zero attached hydrogens (tertiary/aromatic N) is 1. The molecule has 44 heavy (non-hydrogen) atoms. The zero-order valence-electron chi connectivity index (χ0n) is 26.0. The van der Waals surface area contributed by atoms with Gasteiger partial charge in [-0.1, -0.05) is 0 Å². The summed E-state index contributed by atoms with van der Waals surface area (Å²) in [6.45, 7) is 1.68. The number of hydrogen-bond acceptors (Lipinski definition) is 10. The molecule has 0 bridgehead atoms. The lowest BCUT2D eigenvalue weighted by Crippen LogP contribution is -2.58. The highest BCUT2D eigenvalue weighted by Crippen LogP contribution is 2.51. The molecule has 3 heterocycles. The Balaban J connectivity index is 1.29. The van der Waals surface area contributed by atoms with Crippen molar-refractivity contribution in [3.8, 4) is 23.0 Å². The normalized spacial score (nSPS) is 26.1. The molecule has 2 fully saturated rings. The van der Waals surface area contributed by atoms with Crippen LogP contribution in [0.2, 0.25) is 0 Å². The van der Waals surface area contributed by atoms with E-state index in [9.17, 15) is 9.59 Å². The number of carbonyl (C=O) groups is 2. The number of benzene rings is 2. The van der Waals surface area contributed by atoms with Gasteiger partial charge in [0.05, 0.1) is 53.1 Å². The van der Waals surface area contributed by atoms with Gasteiger partial charge < -0.3 is 38.1 Å². The summed E-state index contributed by atoms with van der Waals surface area (Å²) in [4.78, 5) is 33.1. The topological polar surface area (TPSA) is 118 Å². The van der Waals surface area contributed by atoms with E-state index in [0.29, 0.717) is 23.7 Å². The summed E-state index contributed by atoms with van der Waals surface area (Å²) in [5.74, 6) is 0.441. The van der Waals surface area contributed by atoms with Gasteiger partial charge in [0.2, 0.25) is 5.75 Å². The summed E-state index contributed by atoms with van der Waals surface area (Å²) in [5.41, 5.74) is 3.83. The number of nitrogens with one attached hydrogen (secondary N) is 1. The molecule has 1 aliphatic carbocycles. The van der Waals surface area contributed by atoms with E-state index in [4.69, 9.17) is 33.2 Å². The summed E-state index contributed by atoms with van der Waals surface area (Å²) in [6, 6.07) is 9.40. The highest BCUT2D eigenvalue weighted by Gasteiger charge is 2.54. The zero-order chi connectivity index (χ0) is 31.1. The third-order valence-corrected chi connectivity index (χ3v) is 9.76. The molecular weight excluding hydrogens is 568 g/mol. The number of methoxy groups -OCH3 is 6. The molecule has 2 aliphatic heterocycles. The fourth-order valence-electron chi connectivity index (χ4n) is 7.76. The van der Waals surface area contributed by atoms with Crippen LogP contribution in [0.3, 0.4) is 0 Å². The second kappa shape index (κ2) is 12.2. The first-order chi connectivity index (χ1) is 21.3. The Morgan fingerprint density at radius 2 is 1.66 bits per heavy atom. The summed E-state index contributed by atoms with van der Waals surface area (Å²) in [6.07, 6.45) is 0.920. The minimum absolute atomic E-state index is 0.0170. The number of aromatic amines is 1. The van der Waals surface area contributed by atoms with E-state index in [1.807, 2.05) is 12.1 Å². The second-order valence-corrected chi connectivity index (χ2v) is 11.7. The average molecular weight is 609 g/mol. The van der Waals surface area contributed by atoms with Gasteiger partial charge in [0.1, 0.15) is 18.0 Å². The van der Waals surface area contributed by atoms with E-state index in [1.54, 1.807) is 26.4 Å². The van der Waals surface area contributed by atoms with Gasteiger partial charge in [-0.2, -0.15) is 0 Å². The fourth-order valence-corrected chi connectivity index (χ4v) is 7.76. The van der Waals surface area contributed by atoms with E-state index < -0.39 is 24.1 Å². The van der Waals surface area contributed by atoms with Crippen LogP contribution in [-0.2, 0) is 25.4 Å². The first-order valence-electron chi connectivity index (χ1n) is 14.9. The van der Waals surface area contributed by atoms with E-state index in [0.717, 1.165) is 37.2 Å². The van der Waals surface area contributed by atoms with Crippen LogP contribution in [0.25, 0.3) is 10.9 Å². The standard InChI is InChI=1S/C33H40N2O9/c1-38-19-7-8-20-21-9-10-35-16-18-13-27(44-32(36)17-11-25(39-2)30(41-4)26(12-17)40-3)31(42-5)28(33(37)43-6)22(18)15-24(35)29(21)34-23(20)14-19/h7-8,11-12,14,18,22,24,27-28,31,34H,9-10,13,15-16H2,1-6H3/t18?,22?,24?,27-,28+,31?/m0/s1. The minimum atomic E-state index is -0.670. The average Bonchev–Trinajstić information content (AvgIpc) is 3.43. The molecular formula is C33H40N2O9. The van der Waals surface area contributed by atoms with Crippen LogP contribution in [0.15, 0.2) is 30.3 Å². The Morgan fingerprint density at radius 3 is 2.30 bits per heavy atom. The maximum absolute atomic E-state index is 13.5. The lowest BCUT2D eigenvalue weighted by Gasteiger charge is -2.52. The second-order valence-electron chi connectivity index (χ2n) is 11.7. The van der Waals surface area contributed by atoms with Gasteiger partial charge in [0.15, 0.2) is 11.5 Å². The van der Waals surface area contributed by atoms with Crippen molar-refractivity contribution in [2.45, 2.75) is 37.5 Å². The maximum atomic E-state index is 13.5. The third-order valence-electron chi connectivity index (χ3n) is 9.76. The number of piperidine rings is 1. The molecule has 2 aromatic carbocycles. The Labute approximate surface area is 256 Å². The zero-order valence-corrected chi connectivity index (χ0v) is 26.0. The van der Waals surface area contributed by atoms with Crippen LogP contribution in [0.4, 0.5) is 0 Å². The highest BCUT2D eigenvalue weighted by atomic mass is 16.6. The molecule has 11 nitrogen and oxygen atoms in total. The van der Waals surface area contributed by atoms with Crippen molar-refractivity contribution in [2.24, 2.45) is 17.8 Å². The predicted octanol–water partition coefficient (Wildman–Crippen LogP) is 4.17. The quantitative estimate of drug-likeness (QED) is 0.374. The Hall–Kier alpha value is -3.96. The summed E-state index contributed by atoms with van der Waals surface area (Å²) in [5, 5.41) is 1.21. The Morgan fingerprint density at radius 1 is 0.909 bits per heavy atom. The molecule has 1 saturated carbocycles. The number of rotatable bonds is 8. The summed E-state index contributed by atoms with van der Waals surface area (Å²) < 4.78 is 39.1.